The molecular weight excluding hydrogens is 238 g/mol. The van der Waals surface area contributed by atoms with Crippen molar-refractivity contribution in [2.24, 2.45) is 5.92 Å². The fourth-order valence-corrected chi connectivity index (χ4v) is 2.66. The van der Waals surface area contributed by atoms with Crippen LogP contribution in [0.25, 0.3) is 0 Å². The van der Waals surface area contributed by atoms with Gasteiger partial charge in [-0.05, 0) is 37.3 Å². The normalized spacial score (nSPS) is 19.3. The quantitative estimate of drug-likeness (QED) is 0.900. The zero-order valence-electron chi connectivity index (χ0n) is 11.3. The van der Waals surface area contributed by atoms with Gasteiger partial charge < -0.3 is 10.2 Å². The molecule has 1 aliphatic heterocycles. The number of hydrogen-bond acceptors (Lipinski definition) is 3. The lowest BCUT2D eigenvalue weighted by atomic mass is 9.85. The third-order valence-electron chi connectivity index (χ3n) is 4.18. The van der Waals surface area contributed by atoms with Crippen LogP contribution in [0, 0.1) is 5.92 Å². The largest absolute Gasteiger partial charge is 0.357 e. The van der Waals surface area contributed by atoms with Crippen molar-refractivity contribution >= 4 is 11.7 Å². The van der Waals surface area contributed by atoms with Crippen LogP contribution in [0.3, 0.4) is 0 Å². The molecule has 0 radical (unpaired) electrons. The molecule has 1 aromatic heterocycles. The first-order chi connectivity index (χ1) is 9.33. The van der Waals surface area contributed by atoms with Crippen LogP contribution in [-0.4, -0.2) is 24.0 Å². The number of hydrogen-bond donors (Lipinski definition) is 1. The average Bonchev–Trinajstić information content (AvgIpc) is 2.89. The molecule has 1 aromatic rings. The second-order valence-corrected chi connectivity index (χ2v) is 5.56. The van der Waals surface area contributed by atoms with Gasteiger partial charge in [0.25, 0.3) is 0 Å². The highest BCUT2D eigenvalue weighted by Gasteiger charge is 2.24. The van der Waals surface area contributed by atoms with Gasteiger partial charge in [0.1, 0.15) is 5.82 Å². The summed E-state index contributed by atoms with van der Waals surface area (Å²) in [6.07, 6.45) is 7.72. The van der Waals surface area contributed by atoms with E-state index in [0.717, 1.165) is 37.3 Å². The number of rotatable bonds is 4. The first kappa shape index (κ1) is 12.5. The van der Waals surface area contributed by atoms with E-state index in [1.807, 2.05) is 6.20 Å². The third kappa shape index (κ3) is 2.88. The first-order valence-electron chi connectivity index (χ1n) is 7.30. The maximum Gasteiger partial charge on any atom is 0.223 e. The van der Waals surface area contributed by atoms with Crippen molar-refractivity contribution in [3.8, 4) is 0 Å². The highest BCUT2D eigenvalue weighted by Crippen LogP contribution is 2.26. The third-order valence-corrected chi connectivity index (χ3v) is 4.18. The van der Waals surface area contributed by atoms with E-state index < -0.39 is 0 Å². The Hall–Kier alpha value is -1.58. The number of nitrogens with zero attached hydrogens (tertiary/aromatic N) is 2. The van der Waals surface area contributed by atoms with Crippen LogP contribution in [0.2, 0.25) is 0 Å². The molecule has 3 rings (SSSR count). The van der Waals surface area contributed by atoms with Gasteiger partial charge in [-0.2, -0.15) is 0 Å². The zero-order chi connectivity index (χ0) is 13.1. The highest BCUT2D eigenvalue weighted by atomic mass is 16.1. The van der Waals surface area contributed by atoms with Crippen molar-refractivity contribution in [3.63, 3.8) is 0 Å². The molecule has 2 heterocycles. The molecule has 0 aromatic carbocycles. The van der Waals surface area contributed by atoms with Crippen LogP contribution >= 0.6 is 0 Å². The Morgan fingerprint density at radius 3 is 2.63 bits per heavy atom. The number of amides is 1. The summed E-state index contributed by atoms with van der Waals surface area (Å²) in [5.74, 6) is 1.53. The Morgan fingerprint density at radius 2 is 2.05 bits per heavy atom. The van der Waals surface area contributed by atoms with Crippen LogP contribution in [0.4, 0.5) is 5.82 Å². The smallest absolute Gasteiger partial charge is 0.223 e. The fraction of sp³-hybridized carbons (Fsp3) is 0.600. The van der Waals surface area contributed by atoms with E-state index in [0.29, 0.717) is 6.54 Å². The van der Waals surface area contributed by atoms with E-state index in [1.54, 1.807) is 0 Å². The number of aromatic nitrogens is 1. The summed E-state index contributed by atoms with van der Waals surface area (Å²) < 4.78 is 0. The van der Waals surface area contributed by atoms with Crippen molar-refractivity contribution in [1.82, 2.24) is 10.3 Å². The van der Waals surface area contributed by atoms with Crippen molar-refractivity contribution in [1.29, 1.82) is 0 Å². The summed E-state index contributed by atoms with van der Waals surface area (Å²) in [4.78, 5) is 18.5. The van der Waals surface area contributed by atoms with Gasteiger partial charge in [-0.15, -0.1) is 0 Å². The molecular formula is C15H21N3O. The average molecular weight is 259 g/mol. The van der Waals surface area contributed by atoms with Gasteiger partial charge >= 0.3 is 0 Å². The molecule has 0 unspecified atom stereocenters. The van der Waals surface area contributed by atoms with Gasteiger partial charge in [-0.1, -0.05) is 12.5 Å². The van der Waals surface area contributed by atoms with Crippen molar-refractivity contribution in [2.75, 3.05) is 18.0 Å². The van der Waals surface area contributed by atoms with Gasteiger partial charge in [-0.3, -0.25) is 4.79 Å². The van der Waals surface area contributed by atoms with Crippen LogP contribution in [0.15, 0.2) is 18.3 Å². The molecule has 1 aliphatic carbocycles. The maximum absolute atomic E-state index is 11.7. The summed E-state index contributed by atoms with van der Waals surface area (Å²) in [6.45, 7) is 2.83. The van der Waals surface area contributed by atoms with Crippen molar-refractivity contribution in [3.05, 3.63) is 23.9 Å². The number of pyridine rings is 1. The number of nitrogens with one attached hydrogen (secondary N) is 1. The number of carbonyl (C=O) groups excluding carboxylic acids is 1. The zero-order valence-corrected chi connectivity index (χ0v) is 11.3. The lowest BCUT2D eigenvalue weighted by Crippen LogP contribution is -2.34. The molecule has 1 saturated carbocycles. The Labute approximate surface area is 114 Å². The van der Waals surface area contributed by atoms with Gasteiger partial charge in [0.15, 0.2) is 0 Å². The van der Waals surface area contributed by atoms with Crippen LogP contribution in [0.5, 0.6) is 0 Å². The Kier molecular flexibility index (Phi) is 3.67. The number of anilines is 1. The molecule has 4 heteroatoms. The van der Waals surface area contributed by atoms with Gasteiger partial charge in [0.2, 0.25) is 5.91 Å². The molecule has 4 nitrogen and oxygen atoms in total. The van der Waals surface area contributed by atoms with E-state index in [9.17, 15) is 4.79 Å². The van der Waals surface area contributed by atoms with Crippen LogP contribution in [-0.2, 0) is 11.3 Å². The van der Waals surface area contributed by atoms with Crippen molar-refractivity contribution in [2.45, 2.75) is 38.6 Å². The maximum atomic E-state index is 11.7. The van der Waals surface area contributed by atoms with Crippen LogP contribution < -0.4 is 10.2 Å². The van der Waals surface area contributed by atoms with Crippen molar-refractivity contribution < 1.29 is 4.79 Å². The second-order valence-electron chi connectivity index (χ2n) is 5.56. The Morgan fingerprint density at radius 1 is 1.26 bits per heavy atom. The minimum Gasteiger partial charge on any atom is -0.357 e. The van der Waals surface area contributed by atoms with Gasteiger partial charge in [-0.25, -0.2) is 4.98 Å². The molecule has 102 valence electrons. The monoisotopic (exact) mass is 259 g/mol. The number of carbonyl (C=O) groups is 1. The van der Waals surface area contributed by atoms with Gasteiger partial charge in [0.05, 0.1) is 0 Å². The molecule has 1 amide bonds. The molecule has 19 heavy (non-hydrogen) atoms. The topological polar surface area (TPSA) is 45.2 Å². The van der Waals surface area contributed by atoms with E-state index in [4.69, 9.17) is 0 Å². The molecule has 1 N–H and O–H groups in total. The molecule has 0 spiro atoms. The molecule has 2 aliphatic rings. The molecule has 0 bridgehead atoms. The lowest BCUT2D eigenvalue weighted by molar-refractivity contribution is -0.127. The standard InChI is InChI=1S/C15H21N3O/c19-15(13-4-3-5-13)17-11-12-6-7-14(16-10-12)18-8-1-2-9-18/h6-7,10,13H,1-5,8-9,11H2,(H,17,19). The van der Waals surface area contributed by atoms with E-state index in [-0.39, 0.29) is 11.8 Å². The van der Waals surface area contributed by atoms with E-state index >= 15 is 0 Å². The highest BCUT2D eigenvalue weighted by molar-refractivity contribution is 5.79. The van der Waals surface area contributed by atoms with E-state index in [1.165, 1.54) is 19.3 Å². The summed E-state index contributed by atoms with van der Waals surface area (Å²) >= 11 is 0. The first-order valence-corrected chi connectivity index (χ1v) is 7.30. The van der Waals surface area contributed by atoms with Crippen LogP contribution in [0.1, 0.15) is 37.7 Å². The molecule has 2 fully saturated rings. The minimum atomic E-state index is 0.204. The minimum absolute atomic E-state index is 0.204. The summed E-state index contributed by atoms with van der Waals surface area (Å²) in [6, 6.07) is 4.14. The predicted molar refractivity (Wildman–Crippen MR) is 74.9 cm³/mol. The Bertz CT molecular complexity index is 433. The predicted octanol–water partition coefficient (Wildman–Crippen LogP) is 2.10. The molecule has 1 saturated heterocycles. The van der Waals surface area contributed by atoms with Gasteiger partial charge in [0, 0.05) is 31.7 Å². The second kappa shape index (κ2) is 5.59. The fourth-order valence-electron chi connectivity index (χ4n) is 2.66. The Balaban J connectivity index is 1.52. The summed E-state index contributed by atoms with van der Waals surface area (Å²) in [7, 11) is 0. The lowest BCUT2D eigenvalue weighted by Gasteiger charge is -2.24. The van der Waals surface area contributed by atoms with E-state index in [2.05, 4.69) is 27.3 Å². The summed E-state index contributed by atoms with van der Waals surface area (Å²) in [5.41, 5.74) is 1.08. The SMILES string of the molecule is O=C(NCc1ccc(N2CCCC2)nc1)C1CCC1. The molecule has 0 atom stereocenters. The summed E-state index contributed by atoms with van der Waals surface area (Å²) in [5, 5.41) is 3.00.